The molecule has 0 bridgehead atoms. The van der Waals surface area contributed by atoms with Gasteiger partial charge >= 0.3 is 5.97 Å². The molecule has 2 aliphatic rings. The van der Waals surface area contributed by atoms with Crippen molar-refractivity contribution >= 4 is 5.97 Å². The van der Waals surface area contributed by atoms with Gasteiger partial charge in [-0.15, -0.1) is 0 Å². The van der Waals surface area contributed by atoms with Crippen LogP contribution in [0.1, 0.15) is 51.9 Å². The van der Waals surface area contributed by atoms with Crippen LogP contribution in [0.25, 0.3) is 0 Å². The van der Waals surface area contributed by atoms with Crippen molar-refractivity contribution in [2.45, 2.75) is 57.9 Å². The normalized spacial score (nSPS) is 30.1. The lowest BCUT2D eigenvalue weighted by molar-refractivity contribution is -0.137. The Bertz CT molecular complexity index is 309. The summed E-state index contributed by atoms with van der Waals surface area (Å²) < 4.78 is 0. The van der Waals surface area contributed by atoms with Crippen molar-refractivity contribution in [3.8, 4) is 0 Å². The van der Waals surface area contributed by atoms with Gasteiger partial charge in [0.15, 0.2) is 0 Å². The molecule has 2 atom stereocenters. The molecule has 20 heavy (non-hydrogen) atoms. The van der Waals surface area contributed by atoms with E-state index in [9.17, 15) is 4.79 Å². The smallest absolute Gasteiger partial charge is 0.303 e. The molecule has 0 radical (unpaired) electrons. The Morgan fingerprint density at radius 2 is 1.95 bits per heavy atom. The molecule has 0 saturated carbocycles. The van der Waals surface area contributed by atoms with Crippen LogP contribution in [0.15, 0.2) is 0 Å². The SMILES string of the molecule is CCN1CCCC(N2CCCC(CCC(=O)O)C2)CC1. The molecule has 2 heterocycles. The molecule has 2 saturated heterocycles. The highest BCUT2D eigenvalue weighted by atomic mass is 16.4. The molecule has 2 fully saturated rings. The minimum absolute atomic E-state index is 0.340. The van der Waals surface area contributed by atoms with Crippen molar-refractivity contribution < 1.29 is 9.90 Å². The zero-order valence-electron chi connectivity index (χ0n) is 12.9. The second-order valence-electron chi connectivity index (χ2n) is 6.45. The van der Waals surface area contributed by atoms with Crippen molar-refractivity contribution in [1.29, 1.82) is 0 Å². The van der Waals surface area contributed by atoms with Crippen LogP contribution in [0.5, 0.6) is 0 Å². The summed E-state index contributed by atoms with van der Waals surface area (Å²) in [6.45, 7) is 8.27. The topological polar surface area (TPSA) is 43.8 Å². The molecule has 2 rings (SSSR count). The van der Waals surface area contributed by atoms with Gasteiger partial charge in [-0.25, -0.2) is 0 Å². The molecule has 4 nitrogen and oxygen atoms in total. The number of hydrogen-bond acceptors (Lipinski definition) is 3. The minimum atomic E-state index is -0.643. The number of nitrogens with zero attached hydrogens (tertiary/aromatic N) is 2. The minimum Gasteiger partial charge on any atom is -0.481 e. The van der Waals surface area contributed by atoms with Gasteiger partial charge in [0, 0.05) is 19.0 Å². The summed E-state index contributed by atoms with van der Waals surface area (Å²) in [7, 11) is 0. The Morgan fingerprint density at radius 3 is 2.70 bits per heavy atom. The van der Waals surface area contributed by atoms with Crippen LogP contribution in [-0.4, -0.2) is 59.6 Å². The summed E-state index contributed by atoms with van der Waals surface area (Å²) in [5.74, 6) is -0.0411. The summed E-state index contributed by atoms with van der Waals surface area (Å²) >= 11 is 0. The molecule has 0 aromatic heterocycles. The number of carboxylic acid groups (broad SMARTS) is 1. The third kappa shape index (κ3) is 4.74. The number of carboxylic acids is 1. The van der Waals surface area contributed by atoms with Crippen LogP contribution < -0.4 is 0 Å². The van der Waals surface area contributed by atoms with Crippen LogP contribution in [0.2, 0.25) is 0 Å². The van der Waals surface area contributed by atoms with Gasteiger partial charge in [-0.3, -0.25) is 4.79 Å². The van der Waals surface area contributed by atoms with E-state index < -0.39 is 5.97 Å². The summed E-state index contributed by atoms with van der Waals surface area (Å²) in [6.07, 6.45) is 7.60. The summed E-state index contributed by atoms with van der Waals surface area (Å²) in [4.78, 5) is 15.9. The molecule has 0 spiro atoms. The van der Waals surface area contributed by atoms with E-state index in [1.807, 2.05) is 0 Å². The predicted molar refractivity (Wildman–Crippen MR) is 80.9 cm³/mol. The lowest BCUT2D eigenvalue weighted by atomic mass is 9.91. The molecular weight excluding hydrogens is 252 g/mol. The van der Waals surface area contributed by atoms with Crippen LogP contribution in [0.4, 0.5) is 0 Å². The maximum absolute atomic E-state index is 10.7. The maximum Gasteiger partial charge on any atom is 0.303 e. The number of hydrogen-bond donors (Lipinski definition) is 1. The van der Waals surface area contributed by atoms with E-state index in [-0.39, 0.29) is 0 Å². The predicted octanol–water partition coefficient (Wildman–Crippen LogP) is 2.44. The quantitative estimate of drug-likeness (QED) is 0.841. The third-order valence-corrected chi connectivity index (χ3v) is 5.07. The lowest BCUT2D eigenvalue weighted by Gasteiger charge is -2.38. The molecule has 0 amide bonds. The molecule has 0 aromatic rings. The van der Waals surface area contributed by atoms with Gasteiger partial charge in [-0.2, -0.15) is 0 Å². The van der Waals surface area contributed by atoms with E-state index in [2.05, 4.69) is 16.7 Å². The lowest BCUT2D eigenvalue weighted by Crippen LogP contribution is -2.43. The number of carbonyl (C=O) groups is 1. The number of likely N-dealkylation sites (tertiary alicyclic amines) is 2. The van der Waals surface area contributed by atoms with E-state index in [0.29, 0.717) is 12.3 Å². The fraction of sp³-hybridized carbons (Fsp3) is 0.938. The van der Waals surface area contributed by atoms with Crippen LogP contribution in [-0.2, 0) is 4.79 Å². The molecule has 116 valence electrons. The molecular formula is C16H30N2O2. The molecule has 0 aromatic carbocycles. The monoisotopic (exact) mass is 282 g/mol. The van der Waals surface area contributed by atoms with Crippen molar-refractivity contribution in [1.82, 2.24) is 9.80 Å². The summed E-state index contributed by atoms with van der Waals surface area (Å²) in [5.41, 5.74) is 0. The molecule has 2 unspecified atom stereocenters. The highest BCUT2D eigenvalue weighted by Gasteiger charge is 2.27. The first kappa shape index (κ1) is 15.8. The third-order valence-electron chi connectivity index (χ3n) is 5.07. The molecule has 2 aliphatic heterocycles. The van der Waals surface area contributed by atoms with Gasteiger partial charge in [0.05, 0.1) is 0 Å². The highest BCUT2D eigenvalue weighted by molar-refractivity contribution is 5.66. The first-order chi connectivity index (χ1) is 9.69. The van der Waals surface area contributed by atoms with Gasteiger partial charge in [-0.05, 0) is 70.6 Å². The Balaban J connectivity index is 1.80. The Kier molecular flexibility index (Phi) is 6.30. The highest BCUT2D eigenvalue weighted by Crippen LogP contribution is 2.26. The van der Waals surface area contributed by atoms with Crippen molar-refractivity contribution in [2.75, 3.05) is 32.7 Å². The largest absolute Gasteiger partial charge is 0.481 e. The van der Waals surface area contributed by atoms with E-state index in [1.54, 1.807) is 0 Å². The Hall–Kier alpha value is -0.610. The zero-order valence-corrected chi connectivity index (χ0v) is 12.9. The van der Waals surface area contributed by atoms with E-state index in [4.69, 9.17) is 5.11 Å². The molecule has 4 heteroatoms. The second kappa shape index (κ2) is 7.99. The van der Waals surface area contributed by atoms with Crippen LogP contribution in [0, 0.1) is 5.92 Å². The van der Waals surface area contributed by atoms with Gasteiger partial charge in [0.1, 0.15) is 0 Å². The molecule has 0 aliphatic carbocycles. The summed E-state index contributed by atoms with van der Waals surface area (Å²) in [5, 5.41) is 8.83. The van der Waals surface area contributed by atoms with Crippen molar-refractivity contribution in [2.24, 2.45) is 5.92 Å². The van der Waals surface area contributed by atoms with Crippen LogP contribution >= 0.6 is 0 Å². The fourth-order valence-electron chi connectivity index (χ4n) is 3.81. The average molecular weight is 282 g/mol. The Morgan fingerprint density at radius 1 is 1.15 bits per heavy atom. The van der Waals surface area contributed by atoms with Gasteiger partial charge in [0.25, 0.3) is 0 Å². The van der Waals surface area contributed by atoms with Gasteiger partial charge in [0.2, 0.25) is 0 Å². The number of aliphatic carboxylic acids is 1. The first-order valence-electron chi connectivity index (χ1n) is 8.37. The van der Waals surface area contributed by atoms with Crippen LogP contribution in [0.3, 0.4) is 0 Å². The first-order valence-corrected chi connectivity index (χ1v) is 8.37. The Labute approximate surface area is 123 Å². The van der Waals surface area contributed by atoms with Gasteiger partial charge in [-0.1, -0.05) is 6.92 Å². The van der Waals surface area contributed by atoms with Crippen molar-refractivity contribution in [3.05, 3.63) is 0 Å². The van der Waals surface area contributed by atoms with E-state index in [1.165, 1.54) is 58.3 Å². The summed E-state index contributed by atoms with van der Waals surface area (Å²) in [6, 6.07) is 0.735. The van der Waals surface area contributed by atoms with Crippen molar-refractivity contribution in [3.63, 3.8) is 0 Å². The fourth-order valence-corrected chi connectivity index (χ4v) is 3.81. The molecule has 1 N–H and O–H groups in total. The standard InChI is InChI=1S/C16H30N2O2/c1-2-17-10-4-6-15(9-12-17)18-11-3-5-14(13-18)7-8-16(19)20/h14-15H,2-13H2,1H3,(H,19,20). The van der Waals surface area contributed by atoms with Gasteiger partial charge < -0.3 is 14.9 Å². The number of piperidine rings is 1. The average Bonchev–Trinajstić information content (AvgIpc) is 2.71. The second-order valence-corrected chi connectivity index (χ2v) is 6.45. The zero-order chi connectivity index (χ0) is 14.4. The van der Waals surface area contributed by atoms with E-state index in [0.717, 1.165) is 19.0 Å². The maximum atomic E-state index is 10.7. The number of rotatable bonds is 5. The van der Waals surface area contributed by atoms with E-state index >= 15 is 0 Å².